The number of benzene rings is 2. The molecule has 1 aliphatic carbocycles. The Bertz CT molecular complexity index is 670. The predicted octanol–water partition coefficient (Wildman–Crippen LogP) is 5.61. The molecule has 0 fully saturated rings. The van der Waals surface area contributed by atoms with Crippen molar-refractivity contribution < 1.29 is 0 Å². The SMILES string of the molecule is Cc1cc(C)c(-c2cc(Br)cc3c2CC=C3)c(C)c1. The molecule has 0 heterocycles. The molecule has 19 heavy (non-hydrogen) atoms. The number of aryl methyl sites for hydroxylation is 3. The van der Waals surface area contributed by atoms with Gasteiger partial charge in [-0.25, -0.2) is 0 Å². The highest BCUT2D eigenvalue weighted by Crippen LogP contribution is 2.37. The average Bonchev–Trinajstić information content (AvgIpc) is 2.75. The van der Waals surface area contributed by atoms with E-state index in [9.17, 15) is 0 Å². The lowest BCUT2D eigenvalue weighted by Gasteiger charge is -2.16. The number of allylic oxidation sites excluding steroid dienone is 1. The summed E-state index contributed by atoms with van der Waals surface area (Å²) >= 11 is 3.64. The summed E-state index contributed by atoms with van der Waals surface area (Å²) in [6, 6.07) is 9.02. The Kier molecular flexibility index (Phi) is 3.10. The van der Waals surface area contributed by atoms with Crippen LogP contribution in [0.3, 0.4) is 0 Å². The van der Waals surface area contributed by atoms with E-state index in [4.69, 9.17) is 0 Å². The van der Waals surface area contributed by atoms with Crippen molar-refractivity contribution in [2.75, 3.05) is 0 Å². The third-order valence-electron chi connectivity index (χ3n) is 3.81. The third kappa shape index (κ3) is 2.17. The maximum Gasteiger partial charge on any atom is 0.0187 e. The van der Waals surface area contributed by atoms with Gasteiger partial charge in [-0.15, -0.1) is 0 Å². The third-order valence-corrected chi connectivity index (χ3v) is 4.27. The Hall–Kier alpha value is -1.34. The van der Waals surface area contributed by atoms with Gasteiger partial charge in [0.2, 0.25) is 0 Å². The maximum atomic E-state index is 3.64. The fourth-order valence-corrected chi connectivity index (χ4v) is 3.64. The normalized spacial score (nSPS) is 12.8. The highest BCUT2D eigenvalue weighted by Gasteiger charge is 2.16. The molecule has 0 radical (unpaired) electrons. The molecule has 0 amide bonds. The van der Waals surface area contributed by atoms with E-state index >= 15 is 0 Å². The molecule has 2 aromatic rings. The molecule has 0 aromatic heterocycles. The lowest BCUT2D eigenvalue weighted by molar-refractivity contribution is 1.27. The van der Waals surface area contributed by atoms with Crippen molar-refractivity contribution in [2.45, 2.75) is 27.2 Å². The average molecular weight is 313 g/mol. The summed E-state index contributed by atoms with van der Waals surface area (Å²) in [4.78, 5) is 0. The molecule has 0 nitrogen and oxygen atoms in total. The van der Waals surface area contributed by atoms with Crippen molar-refractivity contribution in [1.29, 1.82) is 0 Å². The van der Waals surface area contributed by atoms with Crippen LogP contribution < -0.4 is 0 Å². The van der Waals surface area contributed by atoms with Gasteiger partial charge >= 0.3 is 0 Å². The molecular weight excluding hydrogens is 296 g/mol. The second kappa shape index (κ2) is 4.64. The van der Waals surface area contributed by atoms with Gasteiger partial charge in [-0.2, -0.15) is 0 Å². The topological polar surface area (TPSA) is 0 Å². The maximum absolute atomic E-state index is 3.64. The van der Waals surface area contributed by atoms with Crippen LogP contribution in [0.5, 0.6) is 0 Å². The fraction of sp³-hybridized carbons (Fsp3) is 0.222. The first kappa shape index (κ1) is 12.7. The van der Waals surface area contributed by atoms with E-state index in [2.05, 4.69) is 73.1 Å². The van der Waals surface area contributed by atoms with Crippen molar-refractivity contribution in [2.24, 2.45) is 0 Å². The van der Waals surface area contributed by atoms with Crippen LogP contribution in [-0.4, -0.2) is 0 Å². The summed E-state index contributed by atoms with van der Waals surface area (Å²) in [6.07, 6.45) is 5.52. The van der Waals surface area contributed by atoms with Crippen LogP contribution in [-0.2, 0) is 6.42 Å². The summed E-state index contributed by atoms with van der Waals surface area (Å²) < 4.78 is 1.16. The van der Waals surface area contributed by atoms with E-state index in [0.717, 1.165) is 10.9 Å². The first-order chi connectivity index (χ1) is 9.06. The van der Waals surface area contributed by atoms with Gasteiger partial charge in [0.15, 0.2) is 0 Å². The fourth-order valence-electron chi connectivity index (χ4n) is 3.17. The van der Waals surface area contributed by atoms with Gasteiger partial charge in [-0.05, 0) is 72.7 Å². The monoisotopic (exact) mass is 312 g/mol. The lowest BCUT2D eigenvalue weighted by Crippen LogP contribution is -1.95. The number of rotatable bonds is 1. The minimum Gasteiger partial charge on any atom is -0.0795 e. The van der Waals surface area contributed by atoms with Gasteiger partial charge in [0.25, 0.3) is 0 Å². The highest BCUT2D eigenvalue weighted by molar-refractivity contribution is 9.10. The zero-order valence-electron chi connectivity index (χ0n) is 11.5. The molecule has 2 aromatic carbocycles. The van der Waals surface area contributed by atoms with E-state index in [-0.39, 0.29) is 0 Å². The first-order valence-corrected chi connectivity index (χ1v) is 7.43. The predicted molar refractivity (Wildman–Crippen MR) is 86.5 cm³/mol. The van der Waals surface area contributed by atoms with Crippen molar-refractivity contribution in [3.8, 4) is 11.1 Å². The molecule has 0 saturated carbocycles. The molecule has 1 aliphatic rings. The molecule has 0 atom stereocenters. The molecule has 0 spiro atoms. The van der Waals surface area contributed by atoms with E-state index in [1.807, 2.05) is 0 Å². The summed E-state index contributed by atoms with van der Waals surface area (Å²) in [5.41, 5.74) is 9.65. The molecule has 96 valence electrons. The molecule has 1 heteroatoms. The van der Waals surface area contributed by atoms with Crippen molar-refractivity contribution in [3.05, 3.63) is 62.6 Å². The van der Waals surface area contributed by atoms with Crippen molar-refractivity contribution in [3.63, 3.8) is 0 Å². The van der Waals surface area contributed by atoms with E-state index < -0.39 is 0 Å². The Morgan fingerprint density at radius 3 is 2.32 bits per heavy atom. The van der Waals surface area contributed by atoms with Crippen LogP contribution >= 0.6 is 15.9 Å². The number of fused-ring (bicyclic) bond motifs is 1. The van der Waals surface area contributed by atoms with Gasteiger partial charge in [0.1, 0.15) is 0 Å². The number of hydrogen-bond acceptors (Lipinski definition) is 0. The Morgan fingerprint density at radius 2 is 1.63 bits per heavy atom. The molecule has 0 bridgehead atoms. The lowest BCUT2D eigenvalue weighted by atomic mass is 9.89. The van der Waals surface area contributed by atoms with Crippen molar-refractivity contribution >= 4 is 22.0 Å². The standard InChI is InChI=1S/C18H17Br/c1-11-7-12(2)18(13(3)8-11)17-10-15(19)9-14-5-4-6-16(14)17/h4-5,7-10H,6H2,1-3H3. The van der Waals surface area contributed by atoms with Crippen LogP contribution in [0, 0.1) is 20.8 Å². The highest BCUT2D eigenvalue weighted by atomic mass is 79.9. The van der Waals surface area contributed by atoms with E-state index in [1.165, 1.54) is 38.9 Å². The molecule has 0 N–H and O–H groups in total. The van der Waals surface area contributed by atoms with Crippen LogP contribution in [0.25, 0.3) is 17.2 Å². The van der Waals surface area contributed by atoms with Crippen LogP contribution in [0.4, 0.5) is 0 Å². The van der Waals surface area contributed by atoms with Crippen LogP contribution in [0.2, 0.25) is 0 Å². The first-order valence-electron chi connectivity index (χ1n) is 6.63. The smallest absolute Gasteiger partial charge is 0.0187 e. The molecular formula is C18H17Br. The second-order valence-corrected chi connectivity index (χ2v) is 6.32. The Morgan fingerprint density at radius 1 is 0.947 bits per heavy atom. The molecule has 0 aliphatic heterocycles. The minimum absolute atomic E-state index is 1.05. The van der Waals surface area contributed by atoms with E-state index in [0.29, 0.717) is 0 Å². The summed E-state index contributed by atoms with van der Waals surface area (Å²) in [5, 5.41) is 0. The van der Waals surface area contributed by atoms with Gasteiger partial charge in [-0.3, -0.25) is 0 Å². The Balaban J connectivity index is 2.30. The number of halogens is 1. The summed E-state index contributed by atoms with van der Waals surface area (Å²) in [6.45, 7) is 6.59. The zero-order valence-corrected chi connectivity index (χ0v) is 13.1. The van der Waals surface area contributed by atoms with Crippen molar-refractivity contribution in [1.82, 2.24) is 0 Å². The minimum atomic E-state index is 1.05. The van der Waals surface area contributed by atoms with Crippen LogP contribution in [0.1, 0.15) is 27.8 Å². The zero-order chi connectivity index (χ0) is 13.6. The van der Waals surface area contributed by atoms with Gasteiger partial charge in [-0.1, -0.05) is 45.8 Å². The summed E-state index contributed by atoms with van der Waals surface area (Å²) in [7, 11) is 0. The van der Waals surface area contributed by atoms with Gasteiger partial charge < -0.3 is 0 Å². The van der Waals surface area contributed by atoms with Crippen LogP contribution in [0.15, 0.2) is 34.8 Å². The Labute approximate surface area is 123 Å². The largest absolute Gasteiger partial charge is 0.0795 e. The molecule has 0 saturated heterocycles. The quantitative estimate of drug-likeness (QED) is 0.642. The second-order valence-electron chi connectivity index (χ2n) is 5.40. The summed E-state index contributed by atoms with van der Waals surface area (Å²) in [5.74, 6) is 0. The number of hydrogen-bond donors (Lipinski definition) is 0. The molecule has 0 unspecified atom stereocenters. The molecule has 3 rings (SSSR count). The van der Waals surface area contributed by atoms with Gasteiger partial charge in [0, 0.05) is 4.47 Å². The van der Waals surface area contributed by atoms with E-state index in [1.54, 1.807) is 0 Å². The van der Waals surface area contributed by atoms with Gasteiger partial charge in [0.05, 0.1) is 0 Å².